The second kappa shape index (κ2) is 7.09. The van der Waals surface area contributed by atoms with Gasteiger partial charge in [0.15, 0.2) is 11.4 Å². The maximum absolute atomic E-state index is 13.2. The Morgan fingerprint density at radius 3 is 2.69 bits per heavy atom. The Balaban J connectivity index is 1.52. The lowest BCUT2D eigenvalue weighted by Crippen LogP contribution is -2.32. The van der Waals surface area contributed by atoms with Crippen LogP contribution in [-0.4, -0.2) is 38.4 Å². The van der Waals surface area contributed by atoms with Crippen LogP contribution in [0.2, 0.25) is 0 Å². The third kappa shape index (κ3) is 3.50. The van der Waals surface area contributed by atoms with E-state index in [1.165, 1.54) is 0 Å². The van der Waals surface area contributed by atoms with Gasteiger partial charge in [-0.2, -0.15) is 4.98 Å². The maximum Gasteiger partial charge on any atom is 0.283 e. The van der Waals surface area contributed by atoms with E-state index in [-0.39, 0.29) is 34.5 Å². The summed E-state index contributed by atoms with van der Waals surface area (Å²) in [6.07, 6.45) is 2.92. The fourth-order valence-electron chi connectivity index (χ4n) is 4.03. The standard InChI is InChI=1S/C21H21BrN4O3/c1-12-23-17-19(29-12)24-18(14-4-6-16(22)7-5-14)26(21(17)28)11-13-8-9-25(10-13)20(27)15-2-3-15/h4-7,13,15H,2-3,8-11H2,1H3. The number of hydrogen-bond donors (Lipinski definition) is 0. The maximum atomic E-state index is 13.2. The number of rotatable bonds is 4. The van der Waals surface area contributed by atoms with Gasteiger partial charge in [0.05, 0.1) is 0 Å². The van der Waals surface area contributed by atoms with Crippen LogP contribution in [0, 0.1) is 18.8 Å². The van der Waals surface area contributed by atoms with E-state index >= 15 is 0 Å². The summed E-state index contributed by atoms with van der Waals surface area (Å²) in [7, 11) is 0. The number of halogens is 1. The number of oxazole rings is 1. The summed E-state index contributed by atoms with van der Waals surface area (Å²) in [4.78, 5) is 36.4. The van der Waals surface area contributed by atoms with Crippen LogP contribution in [0.3, 0.4) is 0 Å². The van der Waals surface area contributed by atoms with E-state index in [0.29, 0.717) is 24.8 Å². The zero-order chi connectivity index (χ0) is 20.1. The second-order valence-corrected chi connectivity index (χ2v) is 8.87. The van der Waals surface area contributed by atoms with Crippen molar-refractivity contribution in [2.45, 2.75) is 32.7 Å². The zero-order valence-corrected chi connectivity index (χ0v) is 17.7. The van der Waals surface area contributed by atoms with E-state index in [2.05, 4.69) is 25.9 Å². The first-order valence-electron chi connectivity index (χ1n) is 9.92. The van der Waals surface area contributed by atoms with Crippen LogP contribution in [0.25, 0.3) is 22.6 Å². The molecule has 0 radical (unpaired) electrons. The average Bonchev–Trinajstić information content (AvgIpc) is 3.33. The van der Waals surface area contributed by atoms with E-state index in [4.69, 9.17) is 4.42 Å². The van der Waals surface area contributed by atoms with Crippen molar-refractivity contribution in [3.63, 3.8) is 0 Å². The Bertz CT molecular complexity index is 1150. The molecule has 2 aliphatic rings. The van der Waals surface area contributed by atoms with Gasteiger partial charge in [-0.1, -0.05) is 28.1 Å². The molecule has 0 N–H and O–H groups in total. The van der Waals surface area contributed by atoms with Gasteiger partial charge >= 0.3 is 0 Å². The molecule has 1 aromatic carbocycles. The minimum Gasteiger partial charge on any atom is -0.422 e. The molecule has 7 nitrogen and oxygen atoms in total. The van der Waals surface area contributed by atoms with Crippen molar-refractivity contribution in [2.24, 2.45) is 11.8 Å². The van der Waals surface area contributed by atoms with Gasteiger partial charge in [0.2, 0.25) is 5.91 Å². The number of aromatic nitrogens is 3. The quantitative estimate of drug-likeness (QED) is 0.600. The molecule has 29 heavy (non-hydrogen) atoms. The number of carbonyl (C=O) groups excluding carboxylic acids is 1. The number of aryl methyl sites for hydroxylation is 1. The number of fused-ring (bicyclic) bond motifs is 1. The first-order valence-corrected chi connectivity index (χ1v) is 10.7. The summed E-state index contributed by atoms with van der Waals surface area (Å²) >= 11 is 3.45. The van der Waals surface area contributed by atoms with E-state index in [1.54, 1.807) is 11.5 Å². The Kier molecular flexibility index (Phi) is 4.53. The Labute approximate surface area is 175 Å². The van der Waals surface area contributed by atoms with Crippen molar-refractivity contribution in [3.8, 4) is 11.4 Å². The van der Waals surface area contributed by atoms with Crippen molar-refractivity contribution in [1.29, 1.82) is 0 Å². The number of benzene rings is 1. The molecule has 0 spiro atoms. The summed E-state index contributed by atoms with van der Waals surface area (Å²) < 4.78 is 8.20. The minimum atomic E-state index is -0.197. The molecule has 1 unspecified atom stereocenters. The van der Waals surface area contributed by atoms with Crippen LogP contribution in [-0.2, 0) is 11.3 Å². The summed E-state index contributed by atoms with van der Waals surface area (Å²) in [6, 6.07) is 7.70. The van der Waals surface area contributed by atoms with Gasteiger partial charge in [-0.3, -0.25) is 14.2 Å². The molecule has 3 aromatic rings. The molecule has 8 heteroatoms. The van der Waals surface area contributed by atoms with Gasteiger partial charge in [0.1, 0.15) is 5.82 Å². The molecular formula is C21H21BrN4O3. The predicted molar refractivity (Wildman–Crippen MR) is 111 cm³/mol. The number of carbonyl (C=O) groups is 1. The summed E-state index contributed by atoms with van der Waals surface area (Å²) in [5, 5.41) is 0. The predicted octanol–water partition coefficient (Wildman–Crippen LogP) is 3.38. The lowest BCUT2D eigenvalue weighted by molar-refractivity contribution is -0.131. The van der Waals surface area contributed by atoms with Crippen LogP contribution in [0.4, 0.5) is 0 Å². The first kappa shape index (κ1) is 18.5. The van der Waals surface area contributed by atoms with Gasteiger partial charge in [-0.05, 0) is 37.3 Å². The summed E-state index contributed by atoms with van der Waals surface area (Å²) in [5.41, 5.74) is 1.16. The van der Waals surface area contributed by atoms with E-state index in [9.17, 15) is 9.59 Å². The molecule has 1 saturated carbocycles. The van der Waals surface area contributed by atoms with Crippen molar-refractivity contribution in [1.82, 2.24) is 19.4 Å². The van der Waals surface area contributed by atoms with Crippen molar-refractivity contribution in [3.05, 3.63) is 45.0 Å². The first-order chi connectivity index (χ1) is 14.0. The van der Waals surface area contributed by atoms with Crippen molar-refractivity contribution >= 4 is 33.1 Å². The topological polar surface area (TPSA) is 81.2 Å². The SMILES string of the molecule is Cc1nc2c(=O)n(CC3CCN(C(=O)C4CC4)C3)c(-c3ccc(Br)cc3)nc2o1. The highest BCUT2D eigenvalue weighted by atomic mass is 79.9. The van der Waals surface area contributed by atoms with E-state index < -0.39 is 0 Å². The molecular weight excluding hydrogens is 436 g/mol. The van der Waals surface area contributed by atoms with Crippen LogP contribution < -0.4 is 5.56 Å². The van der Waals surface area contributed by atoms with Gasteiger partial charge in [0.25, 0.3) is 11.3 Å². The molecule has 150 valence electrons. The molecule has 2 fully saturated rings. The lowest BCUT2D eigenvalue weighted by atomic mass is 10.1. The molecule has 0 bridgehead atoms. The Hall–Kier alpha value is -2.48. The molecule has 1 atom stereocenters. The van der Waals surface area contributed by atoms with E-state index in [0.717, 1.165) is 35.8 Å². The van der Waals surface area contributed by atoms with Gasteiger partial charge in [0, 0.05) is 42.5 Å². The van der Waals surface area contributed by atoms with Crippen LogP contribution in [0.5, 0.6) is 0 Å². The molecule has 3 heterocycles. The summed E-state index contributed by atoms with van der Waals surface area (Å²) in [5.74, 6) is 1.71. The van der Waals surface area contributed by atoms with Crippen molar-refractivity contribution < 1.29 is 9.21 Å². The van der Waals surface area contributed by atoms with Crippen LogP contribution in [0.15, 0.2) is 37.9 Å². The molecule has 2 aromatic heterocycles. The number of amides is 1. The molecule has 1 saturated heterocycles. The Morgan fingerprint density at radius 1 is 1.21 bits per heavy atom. The molecule has 5 rings (SSSR count). The lowest BCUT2D eigenvalue weighted by Gasteiger charge is -2.18. The second-order valence-electron chi connectivity index (χ2n) is 7.96. The van der Waals surface area contributed by atoms with Crippen molar-refractivity contribution in [2.75, 3.05) is 13.1 Å². The molecule has 1 amide bonds. The summed E-state index contributed by atoms with van der Waals surface area (Å²) in [6.45, 7) is 3.68. The van der Waals surface area contributed by atoms with Gasteiger partial charge < -0.3 is 9.32 Å². The number of nitrogens with zero attached hydrogens (tertiary/aromatic N) is 4. The Morgan fingerprint density at radius 2 is 1.97 bits per heavy atom. The fourth-order valence-corrected chi connectivity index (χ4v) is 4.29. The highest BCUT2D eigenvalue weighted by Gasteiger charge is 2.37. The van der Waals surface area contributed by atoms with Crippen LogP contribution in [0.1, 0.15) is 25.2 Å². The largest absolute Gasteiger partial charge is 0.422 e. The van der Waals surface area contributed by atoms with Crippen LogP contribution >= 0.6 is 15.9 Å². The number of likely N-dealkylation sites (tertiary alicyclic amines) is 1. The minimum absolute atomic E-state index is 0.197. The third-order valence-corrected chi connectivity index (χ3v) is 6.22. The monoisotopic (exact) mass is 456 g/mol. The molecule has 1 aliphatic carbocycles. The molecule has 1 aliphatic heterocycles. The number of hydrogen-bond acceptors (Lipinski definition) is 5. The van der Waals surface area contributed by atoms with Gasteiger partial charge in [-0.25, -0.2) is 4.98 Å². The highest BCUT2D eigenvalue weighted by Crippen LogP contribution is 2.33. The third-order valence-electron chi connectivity index (χ3n) is 5.69. The smallest absolute Gasteiger partial charge is 0.283 e. The highest BCUT2D eigenvalue weighted by molar-refractivity contribution is 9.10. The fraction of sp³-hybridized carbons (Fsp3) is 0.429. The normalized spacial score (nSPS) is 19.2. The van der Waals surface area contributed by atoms with Gasteiger partial charge in [-0.15, -0.1) is 0 Å². The van der Waals surface area contributed by atoms with E-state index in [1.807, 2.05) is 29.2 Å². The average molecular weight is 457 g/mol. The zero-order valence-electron chi connectivity index (χ0n) is 16.1.